The number of hydrogen-bond donors (Lipinski definition) is 2. The maximum Gasteiger partial charge on any atom is 0.165 e. The second-order valence-corrected chi connectivity index (χ2v) is 4.04. The lowest BCUT2D eigenvalue weighted by Crippen LogP contribution is -2.11. The van der Waals surface area contributed by atoms with Gasteiger partial charge in [0.1, 0.15) is 0 Å². The topological polar surface area (TPSA) is 46.2 Å². The van der Waals surface area contributed by atoms with Crippen molar-refractivity contribution in [3.63, 3.8) is 0 Å². The van der Waals surface area contributed by atoms with E-state index in [1.54, 1.807) is 6.07 Å². The van der Waals surface area contributed by atoms with Gasteiger partial charge in [-0.1, -0.05) is 29.3 Å². The van der Waals surface area contributed by atoms with Crippen LogP contribution in [0.25, 0.3) is 0 Å². The van der Waals surface area contributed by atoms with Crippen molar-refractivity contribution in [2.75, 3.05) is 0 Å². The summed E-state index contributed by atoms with van der Waals surface area (Å²) in [5, 5.41) is 9.49. The van der Waals surface area contributed by atoms with Crippen LogP contribution in [-0.2, 0) is 0 Å². The fraction of sp³-hybridized carbons (Fsp3) is 0.400. The molecule has 0 fully saturated rings. The summed E-state index contributed by atoms with van der Waals surface area (Å²) in [5.74, 6) is -0.977. The molecule has 0 aliphatic heterocycles. The second kappa shape index (κ2) is 4.75. The summed E-state index contributed by atoms with van der Waals surface area (Å²) in [6, 6.07) is 2.44. The number of aromatic hydroxyl groups is 1. The third-order valence-corrected chi connectivity index (χ3v) is 2.78. The largest absolute Gasteiger partial charge is 0.505 e. The van der Waals surface area contributed by atoms with Crippen molar-refractivity contribution >= 4 is 15.9 Å². The Morgan fingerprint density at radius 2 is 2.21 bits per heavy atom. The van der Waals surface area contributed by atoms with Gasteiger partial charge in [0.25, 0.3) is 0 Å². The fourth-order valence-electron chi connectivity index (χ4n) is 1.36. The van der Waals surface area contributed by atoms with Crippen LogP contribution in [0.2, 0.25) is 0 Å². The first-order chi connectivity index (χ1) is 6.57. The van der Waals surface area contributed by atoms with Crippen LogP contribution in [0.15, 0.2) is 16.6 Å². The average molecular weight is 262 g/mol. The van der Waals surface area contributed by atoms with Crippen molar-refractivity contribution < 1.29 is 9.50 Å². The molecule has 0 aliphatic carbocycles. The van der Waals surface area contributed by atoms with E-state index in [-0.39, 0.29) is 11.8 Å². The standard InChI is InChI=1S/C10H13BrFNO/c1-2-3-8(13)9-6(11)4-5-7(12)10(9)14/h4-5,8,14H,2-3,13H2,1H3/t8-/m1/s1. The maximum absolute atomic E-state index is 13.0. The van der Waals surface area contributed by atoms with E-state index in [1.807, 2.05) is 6.92 Å². The lowest BCUT2D eigenvalue weighted by Gasteiger charge is -2.14. The molecule has 1 aromatic carbocycles. The van der Waals surface area contributed by atoms with Gasteiger partial charge in [0, 0.05) is 16.1 Å². The van der Waals surface area contributed by atoms with Crippen LogP contribution in [0.4, 0.5) is 4.39 Å². The van der Waals surface area contributed by atoms with E-state index in [9.17, 15) is 9.50 Å². The van der Waals surface area contributed by atoms with Gasteiger partial charge in [0.15, 0.2) is 11.6 Å². The van der Waals surface area contributed by atoms with Gasteiger partial charge in [-0.3, -0.25) is 0 Å². The van der Waals surface area contributed by atoms with E-state index in [0.29, 0.717) is 10.0 Å². The zero-order chi connectivity index (χ0) is 10.7. The first kappa shape index (κ1) is 11.5. The molecule has 0 aromatic heterocycles. The van der Waals surface area contributed by atoms with Gasteiger partial charge in [-0.25, -0.2) is 4.39 Å². The van der Waals surface area contributed by atoms with E-state index in [2.05, 4.69) is 15.9 Å². The highest BCUT2D eigenvalue weighted by molar-refractivity contribution is 9.10. The minimum atomic E-state index is -0.630. The fourth-order valence-corrected chi connectivity index (χ4v) is 1.98. The van der Waals surface area contributed by atoms with E-state index in [4.69, 9.17) is 5.73 Å². The highest BCUT2D eigenvalue weighted by atomic mass is 79.9. The van der Waals surface area contributed by atoms with Crippen molar-refractivity contribution in [1.82, 2.24) is 0 Å². The van der Waals surface area contributed by atoms with Gasteiger partial charge in [-0.05, 0) is 18.6 Å². The SMILES string of the molecule is CCC[C@@H](N)c1c(Br)ccc(F)c1O. The van der Waals surface area contributed by atoms with E-state index in [0.717, 1.165) is 12.8 Å². The van der Waals surface area contributed by atoms with Crippen molar-refractivity contribution in [2.24, 2.45) is 5.73 Å². The summed E-state index contributed by atoms with van der Waals surface area (Å²) in [7, 11) is 0. The molecular formula is C10H13BrFNO. The highest BCUT2D eigenvalue weighted by Gasteiger charge is 2.16. The van der Waals surface area contributed by atoms with Gasteiger partial charge in [-0.15, -0.1) is 0 Å². The average Bonchev–Trinajstić information content (AvgIpc) is 2.13. The van der Waals surface area contributed by atoms with Crippen molar-refractivity contribution in [2.45, 2.75) is 25.8 Å². The molecule has 14 heavy (non-hydrogen) atoms. The Bertz CT molecular complexity index is 330. The third-order valence-electron chi connectivity index (χ3n) is 2.09. The van der Waals surface area contributed by atoms with Gasteiger partial charge >= 0.3 is 0 Å². The molecule has 2 nitrogen and oxygen atoms in total. The highest BCUT2D eigenvalue weighted by Crippen LogP contribution is 2.34. The summed E-state index contributed by atoms with van der Waals surface area (Å²) < 4.78 is 13.7. The number of hydrogen-bond acceptors (Lipinski definition) is 2. The molecule has 1 rings (SSSR count). The zero-order valence-electron chi connectivity index (χ0n) is 7.93. The Kier molecular flexibility index (Phi) is 3.89. The number of rotatable bonds is 3. The summed E-state index contributed by atoms with van der Waals surface area (Å²) in [5.41, 5.74) is 6.27. The molecule has 1 aromatic rings. The molecule has 0 radical (unpaired) electrons. The van der Waals surface area contributed by atoms with Crippen LogP contribution in [-0.4, -0.2) is 5.11 Å². The molecule has 0 bridgehead atoms. The van der Waals surface area contributed by atoms with Crippen molar-refractivity contribution in [1.29, 1.82) is 0 Å². The minimum absolute atomic E-state index is 0.329. The summed E-state index contributed by atoms with van der Waals surface area (Å²) in [6.07, 6.45) is 1.61. The smallest absolute Gasteiger partial charge is 0.165 e. The summed E-state index contributed by atoms with van der Waals surface area (Å²) in [4.78, 5) is 0. The first-order valence-electron chi connectivity index (χ1n) is 4.50. The van der Waals surface area contributed by atoms with Gasteiger partial charge < -0.3 is 10.8 Å². The molecule has 0 saturated heterocycles. The molecule has 0 saturated carbocycles. The molecule has 0 amide bonds. The number of nitrogens with two attached hydrogens (primary N) is 1. The molecule has 0 aliphatic rings. The molecule has 4 heteroatoms. The van der Waals surface area contributed by atoms with Crippen LogP contribution in [0.1, 0.15) is 31.4 Å². The minimum Gasteiger partial charge on any atom is -0.505 e. The van der Waals surface area contributed by atoms with E-state index in [1.165, 1.54) is 6.07 Å². The predicted octanol–water partition coefficient (Wildman–Crippen LogP) is 3.09. The normalized spacial score (nSPS) is 12.9. The Balaban J connectivity index is 3.11. The van der Waals surface area contributed by atoms with E-state index >= 15 is 0 Å². The number of benzene rings is 1. The predicted molar refractivity (Wildman–Crippen MR) is 57.6 cm³/mol. The third kappa shape index (κ3) is 2.25. The first-order valence-corrected chi connectivity index (χ1v) is 5.29. The quantitative estimate of drug-likeness (QED) is 0.879. The molecule has 0 unspecified atom stereocenters. The van der Waals surface area contributed by atoms with Crippen molar-refractivity contribution in [3.8, 4) is 5.75 Å². The van der Waals surface area contributed by atoms with E-state index < -0.39 is 5.82 Å². The Morgan fingerprint density at radius 1 is 1.57 bits per heavy atom. The molecule has 3 N–H and O–H groups in total. The molecule has 1 atom stereocenters. The van der Waals surface area contributed by atoms with Crippen LogP contribution >= 0.6 is 15.9 Å². The lowest BCUT2D eigenvalue weighted by molar-refractivity contribution is 0.417. The molecule has 78 valence electrons. The Labute approximate surface area is 91.1 Å². The molecule has 0 spiro atoms. The number of phenolic OH excluding ortho intramolecular Hbond substituents is 1. The van der Waals surface area contributed by atoms with Crippen LogP contribution in [0, 0.1) is 5.82 Å². The van der Waals surface area contributed by atoms with Crippen LogP contribution in [0.5, 0.6) is 5.75 Å². The second-order valence-electron chi connectivity index (χ2n) is 3.19. The van der Waals surface area contributed by atoms with Gasteiger partial charge in [-0.2, -0.15) is 0 Å². The van der Waals surface area contributed by atoms with Crippen LogP contribution in [0.3, 0.4) is 0 Å². The monoisotopic (exact) mass is 261 g/mol. The molecular weight excluding hydrogens is 249 g/mol. The van der Waals surface area contributed by atoms with Gasteiger partial charge in [0.05, 0.1) is 0 Å². The van der Waals surface area contributed by atoms with Crippen molar-refractivity contribution in [3.05, 3.63) is 28.0 Å². The zero-order valence-corrected chi connectivity index (χ0v) is 9.51. The number of phenols is 1. The maximum atomic E-state index is 13.0. The summed E-state index contributed by atoms with van der Waals surface area (Å²) in [6.45, 7) is 1.99. The molecule has 0 heterocycles. The Morgan fingerprint density at radius 3 is 2.79 bits per heavy atom. The van der Waals surface area contributed by atoms with Crippen LogP contribution < -0.4 is 5.73 Å². The van der Waals surface area contributed by atoms with Gasteiger partial charge in [0.2, 0.25) is 0 Å². The summed E-state index contributed by atoms with van der Waals surface area (Å²) >= 11 is 3.25. The Hall–Kier alpha value is -0.610. The number of halogens is 2. The lowest BCUT2D eigenvalue weighted by atomic mass is 10.0.